The van der Waals surface area contributed by atoms with E-state index in [-0.39, 0.29) is 11.4 Å². The Labute approximate surface area is 167 Å². The van der Waals surface area contributed by atoms with E-state index in [1.165, 1.54) is 6.07 Å². The van der Waals surface area contributed by atoms with Gasteiger partial charge in [-0.2, -0.15) is 0 Å². The highest BCUT2D eigenvalue weighted by molar-refractivity contribution is 7.22. The first-order valence-electron chi connectivity index (χ1n) is 9.05. The van der Waals surface area contributed by atoms with Crippen LogP contribution in [0.15, 0.2) is 30.3 Å². The lowest BCUT2D eigenvalue weighted by molar-refractivity contribution is 0.0985. The van der Waals surface area contributed by atoms with Gasteiger partial charge >= 0.3 is 0 Å². The van der Waals surface area contributed by atoms with Crippen molar-refractivity contribution in [3.8, 4) is 0 Å². The summed E-state index contributed by atoms with van der Waals surface area (Å²) in [5, 5.41) is 0.379. The molecule has 148 valence electrons. The summed E-state index contributed by atoms with van der Waals surface area (Å²) in [4.78, 5) is 21.3. The van der Waals surface area contributed by atoms with Gasteiger partial charge in [0.05, 0.1) is 4.70 Å². The molecule has 3 rings (SSSR count). The second kappa shape index (κ2) is 8.32. The van der Waals surface area contributed by atoms with Crippen LogP contribution in [0.3, 0.4) is 0 Å². The molecule has 28 heavy (non-hydrogen) atoms. The molecule has 4 nitrogen and oxygen atoms in total. The number of fused-ring (bicyclic) bond motifs is 1. The van der Waals surface area contributed by atoms with Crippen molar-refractivity contribution in [3.63, 3.8) is 0 Å². The maximum atomic E-state index is 14.1. The van der Waals surface area contributed by atoms with Crippen molar-refractivity contribution in [1.82, 2.24) is 9.88 Å². The molecule has 0 N–H and O–H groups in total. The van der Waals surface area contributed by atoms with Gasteiger partial charge in [0, 0.05) is 18.2 Å². The number of amides is 1. The largest absolute Gasteiger partial charge is 0.309 e. The van der Waals surface area contributed by atoms with Gasteiger partial charge in [-0.05, 0) is 58.6 Å². The van der Waals surface area contributed by atoms with Crippen molar-refractivity contribution < 1.29 is 13.6 Å². The molecule has 1 aromatic heterocycles. The van der Waals surface area contributed by atoms with Crippen molar-refractivity contribution in [2.45, 2.75) is 20.3 Å². The Balaban J connectivity index is 2.02. The van der Waals surface area contributed by atoms with Gasteiger partial charge in [-0.25, -0.2) is 13.8 Å². The molecule has 0 atom stereocenters. The quantitative estimate of drug-likeness (QED) is 0.594. The number of aromatic nitrogens is 1. The van der Waals surface area contributed by atoms with Gasteiger partial charge in [0.2, 0.25) is 0 Å². The molecule has 0 saturated heterocycles. The molecule has 0 unspecified atom stereocenters. The van der Waals surface area contributed by atoms with E-state index < -0.39 is 11.6 Å². The van der Waals surface area contributed by atoms with Crippen LogP contribution in [0.4, 0.5) is 13.9 Å². The molecule has 7 heteroatoms. The minimum absolute atomic E-state index is 0.0905. The number of hydrogen-bond donors (Lipinski definition) is 0. The number of benzene rings is 2. The normalized spacial score (nSPS) is 11.4. The smallest absolute Gasteiger partial charge is 0.260 e. The van der Waals surface area contributed by atoms with Crippen molar-refractivity contribution in [2.75, 3.05) is 32.1 Å². The van der Waals surface area contributed by atoms with Gasteiger partial charge in [0.25, 0.3) is 5.91 Å². The monoisotopic (exact) mass is 403 g/mol. The van der Waals surface area contributed by atoms with Crippen LogP contribution in [-0.2, 0) is 0 Å². The number of aryl methyl sites for hydroxylation is 2. The Bertz CT molecular complexity index is 1020. The number of carbonyl (C=O) groups is 1. The Morgan fingerprint density at radius 1 is 1.11 bits per heavy atom. The van der Waals surface area contributed by atoms with Crippen molar-refractivity contribution in [3.05, 3.63) is 58.7 Å². The zero-order chi connectivity index (χ0) is 20.4. The molecule has 1 amide bonds. The van der Waals surface area contributed by atoms with E-state index in [9.17, 15) is 13.6 Å². The fourth-order valence-corrected chi connectivity index (χ4v) is 4.03. The zero-order valence-electron chi connectivity index (χ0n) is 16.4. The fourth-order valence-electron chi connectivity index (χ4n) is 3.00. The number of hydrogen-bond acceptors (Lipinski definition) is 4. The summed E-state index contributed by atoms with van der Waals surface area (Å²) >= 11 is 1.13. The van der Waals surface area contributed by atoms with Crippen molar-refractivity contribution in [1.29, 1.82) is 0 Å². The van der Waals surface area contributed by atoms with Gasteiger partial charge in [-0.1, -0.05) is 29.0 Å². The van der Waals surface area contributed by atoms with E-state index in [2.05, 4.69) is 4.98 Å². The first-order valence-corrected chi connectivity index (χ1v) is 9.87. The van der Waals surface area contributed by atoms with Gasteiger partial charge < -0.3 is 4.90 Å². The Morgan fingerprint density at radius 3 is 2.57 bits per heavy atom. The van der Waals surface area contributed by atoms with Gasteiger partial charge in [-0.15, -0.1) is 0 Å². The molecule has 0 aliphatic carbocycles. The molecule has 0 aliphatic heterocycles. The standard InChI is InChI=1S/C21H23F2N3OS/c1-13-6-7-14(2)16(10-13)20(27)26(9-5-8-25(3)4)21-24-19-17(23)11-15(22)12-18(19)28-21/h6-7,10-12H,5,8-9H2,1-4H3. The number of carbonyl (C=O) groups excluding carboxylic acids is 1. The third kappa shape index (κ3) is 4.36. The summed E-state index contributed by atoms with van der Waals surface area (Å²) in [7, 11) is 3.93. The minimum atomic E-state index is -0.718. The summed E-state index contributed by atoms with van der Waals surface area (Å²) in [6, 6.07) is 7.78. The fraction of sp³-hybridized carbons (Fsp3) is 0.333. The highest BCUT2D eigenvalue weighted by Gasteiger charge is 2.23. The van der Waals surface area contributed by atoms with Crippen molar-refractivity contribution in [2.24, 2.45) is 0 Å². The molecule has 0 bridgehead atoms. The highest BCUT2D eigenvalue weighted by atomic mass is 32.1. The highest BCUT2D eigenvalue weighted by Crippen LogP contribution is 2.32. The van der Waals surface area contributed by atoms with E-state index >= 15 is 0 Å². The first kappa shape index (κ1) is 20.4. The van der Waals surface area contributed by atoms with Crippen LogP contribution < -0.4 is 4.90 Å². The van der Waals surface area contributed by atoms with E-state index in [0.717, 1.165) is 41.5 Å². The molecule has 3 aromatic rings. The summed E-state index contributed by atoms with van der Waals surface area (Å²) in [6.07, 6.45) is 0.733. The maximum absolute atomic E-state index is 14.1. The topological polar surface area (TPSA) is 36.4 Å². The number of anilines is 1. The minimum Gasteiger partial charge on any atom is -0.309 e. The van der Waals surface area contributed by atoms with Crippen LogP contribution in [-0.4, -0.2) is 43.0 Å². The van der Waals surface area contributed by atoms with Crippen LogP contribution in [0.2, 0.25) is 0 Å². The van der Waals surface area contributed by atoms with Gasteiger partial charge in [0.1, 0.15) is 11.3 Å². The molecule has 2 aromatic carbocycles. The average molecular weight is 403 g/mol. The second-order valence-electron chi connectivity index (χ2n) is 7.16. The average Bonchev–Trinajstić information content (AvgIpc) is 3.04. The lowest BCUT2D eigenvalue weighted by atomic mass is 10.0. The summed E-state index contributed by atoms with van der Waals surface area (Å²) in [5.74, 6) is -1.55. The van der Waals surface area contributed by atoms with Crippen LogP contribution in [0, 0.1) is 25.5 Å². The molecule has 0 fully saturated rings. The van der Waals surface area contributed by atoms with E-state index in [1.54, 1.807) is 4.90 Å². The van der Waals surface area contributed by atoms with Crippen LogP contribution in [0.1, 0.15) is 27.9 Å². The van der Waals surface area contributed by atoms with Gasteiger partial charge in [-0.3, -0.25) is 9.69 Å². The second-order valence-corrected chi connectivity index (χ2v) is 8.17. The number of nitrogens with zero attached hydrogens (tertiary/aromatic N) is 3. The lowest BCUT2D eigenvalue weighted by Gasteiger charge is -2.22. The van der Waals surface area contributed by atoms with Gasteiger partial charge in [0.15, 0.2) is 10.9 Å². The molecule has 0 aliphatic rings. The summed E-state index contributed by atoms with van der Waals surface area (Å²) < 4.78 is 28.1. The summed E-state index contributed by atoms with van der Waals surface area (Å²) in [5.41, 5.74) is 2.54. The third-order valence-corrected chi connectivity index (χ3v) is 5.51. The zero-order valence-corrected chi connectivity index (χ0v) is 17.2. The predicted octanol–water partition coefficient (Wildman–Crippen LogP) is 4.79. The molecule has 1 heterocycles. The molecule has 0 saturated carbocycles. The van der Waals surface area contributed by atoms with Crippen LogP contribution in [0.25, 0.3) is 10.2 Å². The molecular weight excluding hydrogens is 380 g/mol. The number of rotatable bonds is 6. The lowest BCUT2D eigenvalue weighted by Crippen LogP contribution is -2.34. The molecule has 0 spiro atoms. The summed E-state index contributed by atoms with van der Waals surface area (Å²) in [6.45, 7) is 5.05. The van der Waals surface area contributed by atoms with E-state index in [4.69, 9.17) is 0 Å². The Kier molecular flexibility index (Phi) is 6.05. The molecular formula is C21H23F2N3OS. The van der Waals surface area contributed by atoms with Crippen molar-refractivity contribution >= 4 is 32.6 Å². The van der Waals surface area contributed by atoms with Crippen LogP contribution in [0.5, 0.6) is 0 Å². The predicted molar refractivity (Wildman–Crippen MR) is 110 cm³/mol. The Hall–Kier alpha value is -2.38. The number of halogens is 2. The third-order valence-electron chi connectivity index (χ3n) is 4.49. The molecule has 0 radical (unpaired) electrons. The van der Waals surface area contributed by atoms with E-state index in [1.807, 2.05) is 51.0 Å². The maximum Gasteiger partial charge on any atom is 0.260 e. The van der Waals surface area contributed by atoms with Crippen LogP contribution >= 0.6 is 11.3 Å². The Morgan fingerprint density at radius 2 is 1.86 bits per heavy atom. The number of thiazole rings is 1. The van der Waals surface area contributed by atoms with E-state index in [0.29, 0.717) is 21.9 Å². The first-order chi connectivity index (χ1) is 13.3. The SMILES string of the molecule is Cc1ccc(C)c(C(=O)N(CCCN(C)C)c2nc3c(F)cc(F)cc3s2)c1.